The Morgan fingerprint density at radius 2 is 1.29 bits per heavy atom. The number of hydrogen-bond acceptors (Lipinski definition) is 3. The lowest BCUT2D eigenvalue weighted by Gasteiger charge is -2.11. The van der Waals surface area contributed by atoms with Crippen LogP contribution in [0.1, 0.15) is 12.8 Å². The Hall–Kier alpha value is -1.68. The third kappa shape index (κ3) is 4.97. The van der Waals surface area contributed by atoms with E-state index in [0.29, 0.717) is 13.2 Å². The van der Waals surface area contributed by atoms with Crippen LogP contribution >= 0.6 is 15.9 Å². The van der Waals surface area contributed by atoms with Gasteiger partial charge in [-0.2, -0.15) is 0 Å². The second-order valence-corrected chi connectivity index (χ2v) is 5.34. The highest BCUT2D eigenvalue weighted by Crippen LogP contribution is 2.26. The number of halogens is 1. The molecule has 2 aromatic carbocycles. The van der Waals surface area contributed by atoms with E-state index in [2.05, 4.69) is 15.9 Å². The first-order valence-corrected chi connectivity index (χ1v) is 7.73. The molecule has 0 heterocycles. The Labute approximate surface area is 134 Å². The van der Waals surface area contributed by atoms with Gasteiger partial charge < -0.3 is 14.2 Å². The normalized spacial score (nSPS) is 10.2. The molecule has 2 rings (SSSR count). The van der Waals surface area contributed by atoms with E-state index < -0.39 is 0 Å². The first kappa shape index (κ1) is 15.7. The zero-order chi connectivity index (χ0) is 14.9. The van der Waals surface area contributed by atoms with Crippen LogP contribution in [0.15, 0.2) is 53.0 Å². The molecule has 0 fully saturated rings. The highest BCUT2D eigenvalue weighted by atomic mass is 79.9. The molecule has 0 unspecified atom stereocenters. The smallest absolute Gasteiger partial charge is 0.161 e. The topological polar surface area (TPSA) is 27.7 Å². The van der Waals surface area contributed by atoms with E-state index in [1.54, 1.807) is 7.11 Å². The van der Waals surface area contributed by atoms with Crippen LogP contribution in [0.2, 0.25) is 0 Å². The zero-order valence-corrected chi connectivity index (χ0v) is 13.6. The fourth-order valence-corrected chi connectivity index (χ4v) is 2.27. The van der Waals surface area contributed by atoms with Crippen molar-refractivity contribution >= 4 is 15.9 Å². The lowest BCUT2D eigenvalue weighted by molar-refractivity contribution is 0.258. The van der Waals surface area contributed by atoms with E-state index in [4.69, 9.17) is 14.2 Å². The van der Waals surface area contributed by atoms with Crippen LogP contribution in [0, 0.1) is 0 Å². The summed E-state index contributed by atoms with van der Waals surface area (Å²) in [5.41, 5.74) is 0. The molecule has 4 heteroatoms. The highest BCUT2D eigenvalue weighted by Gasteiger charge is 2.02. The number of unbranched alkanes of at least 4 members (excludes halogenated alkanes) is 1. The van der Waals surface area contributed by atoms with Gasteiger partial charge in [-0.05, 0) is 53.0 Å². The predicted molar refractivity (Wildman–Crippen MR) is 87.4 cm³/mol. The summed E-state index contributed by atoms with van der Waals surface area (Å²) in [6.45, 7) is 1.33. The molecule has 0 radical (unpaired) electrons. The second-order valence-electron chi connectivity index (χ2n) is 4.49. The monoisotopic (exact) mass is 350 g/mol. The largest absolute Gasteiger partial charge is 0.493 e. The van der Waals surface area contributed by atoms with Crippen molar-refractivity contribution in [2.45, 2.75) is 12.8 Å². The number of ether oxygens (including phenoxy) is 3. The minimum absolute atomic E-state index is 0.652. The van der Waals surface area contributed by atoms with Gasteiger partial charge in [0.05, 0.1) is 24.8 Å². The maximum absolute atomic E-state index is 5.71. The maximum atomic E-state index is 5.71. The predicted octanol–water partition coefficient (Wildman–Crippen LogP) is 4.70. The van der Waals surface area contributed by atoms with Crippen molar-refractivity contribution in [1.82, 2.24) is 0 Å². The minimum atomic E-state index is 0.652. The zero-order valence-electron chi connectivity index (χ0n) is 12.0. The number of para-hydroxylation sites is 3. The quantitative estimate of drug-likeness (QED) is 0.646. The van der Waals surface area contributed by atoms with Crippen molar-refractivity contribution in [2.75, 3.05) is 20.3 Å². The van der Waals surface area contributed by atoms with E-state index in [1.807, 2.05) is 48.5 Å². The van der Waals surface area contributed by atoms with Crippen molar-refractivity contribution < 1.29 is 14.2 Å². The average Bonchev–Trinajstić information content (AvgIpc) is 2.52. The van der Waals surface area contributed by atoms with Gasteiger partial charge in [0.15, 0.2) is 11.5 Å². The molecule has 0 aromatic heterocycles. The van der Waals surface area contributed by atoms with Crippen molar-refractivity contribution in [3.63, 3.8) is 0 Å². The van der Waals surface area contributed by atoms with E-state index in [9.17, 15) is 0 Å². The van der Waals surface area contributed by atoms with Gasteiger partial charge in [-0.15, -0.1) is 0 Å². The third-order valence-electron chi connectivity index (χ3n) is 2.96. The third-order valence-corrected chi connectivity index (χ3v) is 3.61. The van der Waals surface area contributed by atoms with Gasteiger partial charge in [0.1, 0.15) is 5.75 Å². The molecule has 0 aliphatic heterocycles. The first-order chi connectivity index (χ1) is 10.3. The van der Waals surface area contributed by atoms with Gasteiger partial charge in [-0.1, -0.05) is 24.3 Å². The molecule has 2 aromatic rings. The van der Waals surface area contributed by atoms with Crippen LogP contribution < -0.4 is 14.2 Å². The summed E-state index contributed by atoms with van der Waals surface area (Å²) in [5, 5.41) is 0. The lowest BCUT2D eigenvalue weighted by atomic mass is 10.3. The van der Waals surface area contributed by atoms with Crippen LogP contribution in [0.4, 0.5) is 0 Å². The number of rotatable bonds is 8. The Kier molecular flexibility index (Phi) is 6.41. The molecule has 0 N–H and O–H groups in total. The van der Waals surface area contributed by atoms with E-state index in [0.717, 1.165) is 34.6 Å². The molecule has 0 aliphatic rings. The fourth-order valence-electron chi connectivity index (χ4n) is 1.87. The molecule has 0 saturated heterocycles. The summed E-state index contributed by atoms with van der Waals surface area (Å²) in [6.07, 6.45) is 1.87. The number of methoxy groups -OCH3 is 1. The summed E-state index contributed by atoms with van der Waals surface area (Å²) in [5.74, 6) is 2.43. The first-order valence-electron chi connectivity index (χ1n) is 6.94. The lowest BCUT2D eigenvalue weighted by Crippen LogP contribution is -2.03. The van der Waals surface area contributed by atoms with E-state index >= 15 is 0 Å². The molecule has 0 spiro atoms. The molecule has 0 amide bonds. The molecular weight excluding hydrogens is 332 g/mol. The summed E-state index contributed by atoms with van der Waals surface area (Å²) < 4.78 is 17.6. The van der Waals surface area contributed by atoms with Crippen molar-refractivity contribution in [1.29, 1.82) is 0 Å². The van der Waals surface area contributed by atoms with Gasteiger partial charge >= 0.3 is 0 Å². The van der Waals surface area contributed by atoms with Crippen molar-refractivity contribution in [3.8, 4) is 17.2 Å². The van der Waals surface area contributed by atoms with E-state index in [1.165, 1.54) is 0 Å². The van der Waals surface area contributed by atoms with Crippen LogP contribution in [0.25, 0.3) is 0 Å². The Morgan fingerprint density at radius 3 is 1.90 bits per heavy atom. The molecule has 0 saturated carbocycles. The molecule has 3 nitrogen and oxygen atoms in total. The molecule has 0 aliphatic carbocycles. The summed E-state index contributed by atoms with van der Waals surface area (Å²) in [6, 6.07) is 15.5. The van der Waals surface area contributed by atoms with Crippen molar-refractivity contribution in [3.05, 3.63) is 53.0 Å². The summed E-state index contributed by atoms with van der Waals surface area (Å²) in [4.78, 5) is 0. The van der Waals surface area contributed by atoms with Crippen LogP contribution in [-0.4, -0.2) is 20.3 Å². The molecule has 0 bridgehead atoms. The van der Waals surface area contributed by atoms with Crippen LogP contribution in [0.5, 0.6) is 17.2 Å². The Bertz CT molecular complexity index is 557. The van der Waals surface area contributed by atoms with Gasteiger partial charge in [0.2, 0.25) is 0 Å². The Balaban J connectivity index is 1.65. The van der Waals surface area contributed by atoms with Gasteiger partial charge in [0.25, 0.3) is 0 Å². The maximum Gasteiger partial charge on any atom is 0.161 e. The summed E-state index contributed by atoms with van der Waals surface area (Å²) in [7, 11) is 1.65. The highest BCUT2D eigenvalue weighted by molar-refractivity contribution is 9.10. The van der Waals surface area contributed by atoms with Crippen LogP contribution in [0.3, 0.4) is 0 Å². The molecule has 0 atom stereocenters. The standard InChI is InChI=1S/C17H19BrO3/c1-19-16-10-4-5-11-17(16)21-13-7-6-12-20-15-9-3-2-8-14(15)18/h2-5,8-11H,6-7,12-13H2,1H3. The second kappa shape index (κ2) is 8.57. The molecule has 112 valence electrons. The SMILES string of the molecule is COc1ccccc1OCCCCOc1ccccc1Br. The van der Waals surface area contributed by atoms with Crippen LogP contribution in [-0.2, 0) is 0 Å². The average molecular weight is 351 g/mol. The number of benzene rings is 2. The minimum Gasteiger partial charge on any atom is -0.493 e. The van der Waals surface area contributed by atoms with Gasteiger partial charge in [-0.25, -0.2) is 0 Å². The Morgan fingerprint density at radius 1 is 0.762 bits per heavy atom. The van der Waals surface area contributed by atoms with Gasteiger partial charge in [-0.3, -0.25) is 0 Å². The molecule has 21 heavy (non-hydrogen) atoms. The van der Waals surface area contributed by atoms with Crippen molar-refractivity contribution in [2.24, 2.45) is 0 Å². The fraction of sp³-hybridized carbons (Fsp3) is 0.294. The molecular formula is C17H19BrO3. The number of hydrogen-bond donors (Lipinski definition) is 0. The van der Waals surface area contributed by atoms with E-state index in [-0.39, 0.29) is 0 Å². The summed E-state index contributed by atoms with van der Waals surface area (Å²) >= 11 is 3.46. The van der Waals surface area contributed by atoms with Gasteiger partial charge in [0, 0.05) is 0 Å².